The zero-order valence-corrected chi connectivity index (χ0v) is 18.5. The zero-order chi connectivity index (χ0) is 22.9. The first kappa shape index (κ1) is 20.9. The summed E-state index contributed by atoms with van der Waals surface area (Å²) in [5.74, 6) is -0.746. The van der Waals surface area contributed by atoms with Crippen LogP contribution in [0, 0.1) is 5.41 Å². The molecule has 1 aliphatic carbocycles. The number of hydrogen-bond acceptors (Lipinski definition) is 7. The fourth-order valence-electron chi connectivity index (χ4n) is 4.80. The van der Waals surface area contributed by atoms with Crippen molar-refractivity contribution in [1.29, 1.82) is 0 Å². The number of ether oxygens (including phenoxy) is 3. The van der Waals surface area contributed by atoms with E-state index in [0.717, 1.165) is 11.1 Å². The Labute approximate surface area is 193 Å². The van der Waals surface area contributed by atoms with Gasteiger partial charge in [0.05, 0.1) is 34.9 Å². The van der Waals surface area contributed by atoms with Crippen molar-refractivity contribution < 1.29 is 29.2 Å². The van der Waals surface area contributed by atoms with E-state index in [1.165, 1.54) is 0 Å². The minimum atomic E-state index is -0.765. The summed E-state index contributed by atoms with van der Waals surface area (Å²) in [7, 11) is 0. The van der Waals surface area contributed by atoms with Crippen molar-refractivity contribution >= 4 is 28.7 Å². The number of halogens is 1. The van der Waals surface area contributed by atoms with Gasteiger partial charge < -0.3 is 29.4 Å². The van der Waals surface area contributed by atoms with Crippen LogP contribution in [0.1, 0.15) is 24.8 Å². The molecule has 2 aliphatic heterocycles. The van der Waals surface area contributed by atoms with Crippen molar-refractivity contribution in [3.05, 3.63) is 40.9 Å². The Hall–Kier alpha value is -2.72. The molecule has 6 atom stereocenters. The van der Waals surface area contributed by atoms with Crippen LogP contribution < -0.4 is 4.74 Å². The molecule has 2 saturated heterocycles. The van der Waals surface area contributed by atoms with E-state index in [-0.39, 0.29) is 36.8 Å². The van der Waals surface area contributed by atoms with Crippen LogP contribution in [0.5, 0.6) is 6.01 Å². The number of aliphatic hydroxyl groups is 1. The zero-order valence-electron chi connectivity index (χ0n) is 17.7. The molecule has 3 aromatic rings. The first-order chi connectivity index (χ1) is 15.8. The summed E-state index contributed by atoms with van der Waals surface area (Å²) in [6.07, 6.45) is -1.11. The molecule has 0 radical (unpaired) electrons. The Bertz CT molecular complexity index is 1250. The average molecular weight is 472 g/mol. The number of carboxylic acids is 1. The third kappa shape index (κ3) is 3.38. The number of nitrogens with zero attached hydrogens (tertiary/aromatic N) is 2. The van der Waals surface area contributed by atoms with Crippen molar-refractivity contribution in [3.8, 4) is 17.3 Å². The first-order valence-corrected chi connectivity index (χ1v) is 11.2. The Morgan fingerprint density at radius 1 is 1.21 bits per heavy atom. The number of hydrogen-bond donors (Lipinski definition) is 3. The predicted molar refractivity (Wildman–Crippen MR) is 117 cm³/mol. The molecule has 1 saturated carbocycles. The van der Waals surface area contributed by atoms with Gasteiger partial charge in [0.25, 0.3) is 6.01 Å². The number of fused-ring (bicyclic) bond motifs is 2. The lowest BCUT2D eigenvalue weighted by Crippen LogP contribution is -2.34. The summed E-state index contributed by atoms with van der Waals surface area (Å²) in [5.41, 5.74) is 2.79. The summed E-state index contributed by atoms with van der Waals surface area (Å²) >= 11 is 6.51. The second-order valence-corrected chi connectivity index (χ2v) is 9.56. The number of benzene rings is 1. The quantitative estimate of drug-likeness (QED) is 0.518. The highest BCUT2D eigenvalue weighted by Crippen LogP contribution is 2.59. The summed E-state index contributed by atoms with van der Waals surface area (Å²) in [4.78, 5) is 23.6. The lowest BCUT2D eigenvalue weighted by Gasteiger charge is -2.15. The number of pyridine rings is 1. The van der Waals surface area contributed by atoms with E-state index in [1.807, 2.05) is 24.3 Å². The predicted octanol–water partition coefficient (Wildman–Crippen LogP) is 2.76. The van der Waals surface area contributed by atoms with Crippen molar-refractivity contribution in [3.63, 3.8) is 0 Å². The normalized spacial score (nSPS) is 32.8. The lowest BCUT2D eigenvalue weighted by atomic mass is 9.99. The van der Waals surface area contributed by atoms with Crippen LogP contribution >= 0.6 is 11.6 Å². The van der Waals surface area contributed by atoms with E-state index in [0.29, 0.717) is 34.9 Å². The van der Waals surface area contributed by atoms with Gasteiger partial charge in [0.15, 0.2) is 11.8 Å². The average Bonchev–Trinajstić information content (AvgIpc) is 3.08. The molecule has 3 aliphatic rings. The van der Waals surface area contributed by atoms with Gasteiger partial charge in [0.1, 0.15) is 18.3 Å². The molecule has 9 nitrogen and oxygen atoms in total. The minimum absolute atomic E-state index is 0.0186. The minimum Gasteiger partial charge on any atom is -0.481 e. The molecule has 33 heavy (non-hydrogen) atoms. The van der Waals surface area contributed by atoms with Gasteiger partial charge in [0.2, 0.25) is 0 Å². The number of rotatable bonds is 5. The molecule has 0 amide bonds. The van der Waals surface area contributed by atoms with Crippen LogP contribution in [-0.4, -0.2) is 68.8 Å². The number of aromatic nitrogens is 3. The number of carbonyl (C=O) groups is 1. The van der Waals surface area contributed by atoms with E-state index in [9.17, 15) is 15.0 Å². The second kappa shape index (κ2) is 7.39. The van der Waals surface area contributed by atoms with Gasteiger partial charge in [-0.2, -0.15) is 4.98 Å². The van der Waals surface area contributed by atoms with Gasteiger partial charge >= 0.3 is 5.97 Å². The van der Waals surface area contributed by atoms with Crippen molar-refractivity contribution in [1.82, 2.24) is 15.0 Å². The first-order valence-electron chi connectivity index (χ1n) is 10.8. The van der Waals surface area contributed by atoms with Crippen LogP contribution in [-0.2, 0) is 14.3 Å². The lowest BCUT2D eigenvalue weighted by molar-refractivity contribution is -0.142. The molecule has 10 heteroatoms. The Balaban J connectivity index is 1.23. The maximum atomic E-state index is 11.4. The summed E-state index contributed by atoms with van der Waals surface area (Å²) in [6.45, 7) is 2.30. The van der Waals surface area contributed by atoms with E-state index in [1.54, 1.807) is 13.0 Å². The molecule has 2 aromatic heterocycles. The Morgan fingerprint density at radius 2 is 1.97 bits per heavy atom. The maximum Gasteiger partial charge on any atom is 0.309 e. The Kier molecular flexibility index (Phi) is 4.67. The summed E-state index contributed by atoms with van der Waals surface area (Å²) in [5, 5.41) is 19.7. The number of aliphatic carboxylic acids is 1. The molecule has 3 fully saturated rings. The molecule has 172 valence electrons. The van der Waals surface area contributed by atoms with Gasteiger partial charge in [0, 0.05) is 11.5 Å². The SMILES string of the molecule is CC1(C(=O)O)CC1c1ccc(-c2nc3nc(OC4COC5C(O)COC45)[nH]c3cc2Cl)cc1. The maximum absolute atomic E-state index is 11.4. The molecule has 4 heterocycles. The molecule has 0 spiro atoms. The van der Waals surface area contributed by atoms with Gasteiger partial charge in [-0.1, -0.05) is 35.9 Å². The number of H-pyrrole nitrogens is 1. The van der Waals surface area contributed by atoms with Gasteiger partial charge in [-0.05, 0) is 25.0 Å². The van der Waals surface area contributed by atoms with Crippen LogP contribution in [0.4, 0.5) is 0 Å². The van der Waals surface area contributed by atoms with Gasteiger partial charge in [-0.3, -0.25) is 4.79 Å². The molecule has 0 bridgehead atoms. The highest BCUT2D eigenvalue weighted by molar-refractivity contribution is 6.33. The van der Waals surface area contributed by atoms with Crippen LogP contribution in [0.25, 0.3) is 22.4 Å². The van der Waals surface area contributed by atoms with Crippen molar-refractivity contribution in [2.24, 2.45) is 5.41 Å². The van der Waals surface area contributed by atoms with Crippen LogP contribution in [0.3, 0.4) is 0 Å². The molecular weight excluding hydrogens is 450 g/mol. The number of imidazole rings is 1. The molecule has 6 rings (SSSR count). The van der Waals surface area contributed by atoms with E-state index < -0.39 is 17.5 Å². The standard InChI is InChI=1S/C23H22ClN3O6/c1-23(21(29)30)7-12(23)10-2-4-11(5-3-10)17-13(24)6-14-20(26-17)27-22(25-14)33-16-9-32-18-15(28)8-31-19(16)18/h2-6,12,15-16,18-19,28H,7-9H2,1H3,(H,29,30)(H,25,26,27). The van der Waals surface area contributed by atoms with Crippen molar-refractivity contribution in [2.45, 2.75) is 43.7 Å². The third-order valence-corrected chi connectivity index (χ3v) is 7.25. The molecular formula is C23H22ClN3O6. The highest BCUT2D eigenvalue weighted by Gasteiger charge is 2.57. The number of aliphatic hydroxyl groups excluding tert-OH is 1. The fraction of sp³-hybridized carbons (Fsp3) is 0.435. The smallest absolute Gasteiger partial charge is 0.309 e. The monoisotopic (exact) mass is 471 g/mol. The van der Waals surface area contributed by atoms with Gasteiger partial charge in [-0.15, -0.1) is 0 Å². The molecule has 3 N–H and O–H groups in total. The number of aromatic amines is 1. The second-order valence-electron chi connectivity index (χ2n) is 9.15. The number of nitrogens with one attached hydrogen (secondary N) is 1. The third-order valence-electron chi connectivity index (χ3n) is 6.96. The molecule has 6 unspecified atom stereocenters. The van der Waals surface area contributed by atoms with E-state index in [4.69, 9.17) is 25.8 Å². The Morgan fingerprint density at radius 3 is 2.70 bits per heavy atom. The van der Waals surface area contributed by atoms with E-state index >= 15 is 0 Å². The highest BCUT2D eigenvalue weighted by atomic mass is 35.5. The topological polar surface area (TPSA) is 127 Å². The largest absolute Gasteiger partial charge is 0.481 e. The van der Waals surface area contributed by atoms with Crippen LogP contribution in [0.15, 0.2) is 30.3 Å². The molecule has 1 aromatic carbocycles. The summed E-state index contributed by atoms with van der Waals surface area (Å²) in [6, 6.07) is 9.70. The van der Waals surface area contributed by atoms with Gasteiger partial charge in [-0.25, -0.2) is 4.98 Å². The summed E-state index contributed by atoms with van der Waals surface area (Å²) < 4.78 is 17.1. The van der Waals surface area contributed by atoms with Crippen molar-refractivity contribution in [2.75, 3.05) is 13.2 Å². The fourth-order valence-corrected chi connectivity index (χ4v) is 5.06. The van der Waals surface area contributed by atoms with Crippen LogP contribution in [0.2, 0.25) is 5.02 Å². The van der Waals surface area contributed by atoms with E-state index in [2.05, 4.69) is 15.0 Å². The number of carboxylic acid groups (broad SMARTS) is 1.